The molecule has 0 aliphatic rings. The summed E-state index contributed by atoms with van der Waals surface area (Å²) in [7, 11) is 1.69. The van der Waals surface area contributed by atoms with Gasteiger partial charge in [0, 0.05) is 35.7 Å². The van der Waals surface area contributed by atoms with E-state index in [9.17, 15) is 0 Å². The molecule has 6 heteroatoms. The van der Waals surface area contributed by atoms with Gasteiger partial charge in [0.1, 0.15) is 11.6 Å². The molecule has 0 bridgehead atoms. The van der Waals surface area contributed by atoms with Gasteiger partial charge in [0.25, 0.3) is 0 Å². The lowest BCUT2D eigenvalue weighted by molar-refractivity contribution is 0.412. The number of aryl methyl sites for hydroxylation is 2. The van der Waals surface area contributed by atoms with Crippen molar-refractivity contribution in [2.75, 3.05) is 17.7 Å². The number of rotatable bonds is 6. The summed E-state index contributed by atoms with van der Waals surface area (Å²) < 4.78 is 7.46. The van der Waals surface area contributed by atoms with Crippen LogP contribution < -0.4 is 15.4 Å². The highest BCUT2D eigenvalue weighted by atomic mass is 16.5. The summed E-state index contributed by atoms with van der Waals surface area (Å²) >= 11 is 0. The van der Waals surface area contributed by atoms with Crippen molar-refractivity contribution in [2.24, 2.45) is 0 Å². The van der Waals surface area contributed by atoms with Crippen LogP contribution >= 0.6 is 0 Å². The predicted octanol–water partition coefficient (Wildman–Crippen LogP) is 5.56. The van der Waals surface area contributed by atoms with Crippen molar-refractivity contribution < 1.29 is 4.74 Å². The number of hydrogen-bond acceptors (Lipinski definition) is 5. The minimum Gasteiger partial charge on any atom is -0.496 e. The molecule has 4 aromatic rings. The summed E-state index contributed by atoms with van der Waals surface area (Å²) in [6, 6.07) is 16.1. The number of nitrogens with one attached hydrogen (secondary N) is 2. The first-order valence-electron chi connectivity index (χ1n) is 9.70. The Morgan fingerprint density at radius 2 is 1.83 bits per heavy atom. The lowest BCUT2D eigenvalue weighted by Crippen LogP contribution is -2.01. The first-order valence-corrected chi connectivity index (χ1v) is 9.70. The van der Waals surface area contributed by atoms with E-state index in [1.54, 1.807) is 7.11 Å². The van der Waals surface area contributed by atoms with Gasteiger partial charge in [-0.1, -0.05) is 24.3 Å². The summed E-state index contributed by atoms with van der Waals surface area (Å²) in [5.74, 6) is 2.43. The van der Waals surface area contributed by atoms with E-state index in [1.165, 1.54) is 0 Å². The molecule has 2 N–H and O–H groups in total. The van der Waals surface area contributed by atoms with Crippen LogP contribution in [0.3, 0.4) is 0 Å². The van der Waals surface area contributed by atoms with Crippen LogP contribution in [0.15, 0.2) is 54.7 Å². The van der Waals surface area contributed by atoms with E-state index >= 15 is 0 Å². The number of anilines is 4. The van der Waals surface area contributed by atoms with Crippen LogP contribution in [0.1, 0.15) is 18.1 Å². The standard InChI is InChI=1S/C23H25N5O/c1-5-28-19-13-21(25-17-9-7-6-8-10-17)24-14-18(19)23(27-28)26-22-15(2)11-12-20(29-4)16(22)3/h6-14H,5H2,1-4H3,(H,24,25)(H,26,27). The molecule has 0 spiro atoms. The normalized spacial score (nSPS) is 10.9. The first-order chi connectivity index (χ1) is 14.1. The molecule has 6 nitrogen and oxygen atoms in total. The Kier molecular flexibility index (Phi) is 5.08. The monoisotopic (exact) mass is 387 g/mol. The highest BCUT2D eigenvalue weighted by Gasteiger charge is 2.15. The third kappa shape index (κ3) is 3.61. The molecule has 2 aromatic carbocycles. The Balaban J connectivity index is 1.73. The summed E-state index contributed by atoms with van der Waals surface area (Å²) in [5.41, 5.74) is 5.24. The Morgan fingerprint density at radius 1 is 1.03 bits per heavy atom. The average Bonchev–Trinajstić information content (AvgIpc) is 3.09. The fourth-order valence-electron chi connectivity index (χ4n) is 3.50. The highest BCUT2D eigenvalue weighted by molar-refractivity contribution is 5.93. The SMILES string of the molecule is CCn1nc(Nc2c(C)ccc(OC)c2C)c2cnc(Nc3ccccc3)cc21. The summed E-state index contributed by atoms with van der Waals surface area (Å²) in [5, 5.41) is 12.6. The number of methoxy groups -OCH3 is 1. The molecule has 0 atom stereocenters. The Bertz CT molecular complexity index is 1150. The molecule has 0 saturated carbocycles. The molecular weight excluding hydrogens is 362 g/mol. The van der Waals surface area contributed by atoms with Crippen molar-refractivity contribution in [3.8, 4) is 5.75 Å². The van der Waals surface area contributed by atoms with Crippen molar-refractivity contribution >= 4 is 33.9 Å². The van der Waals surface area contributed by atoms with Crippen LogP contribution in [-0.2, 0) is 6.54 Å². The van der Waals surface area contributed by atoms with Crippen LogP contribution in [0.4, 0.5) is 23.0 Å². The van der Waals surface area contributed by atoms with Gasteiger partial charge < -0.3 is 15.4 Å². The van der Waals surface area contributed by atoms with E-state index in [0.29, 0.717) is 0 Å². The summed E-state index contributed by atoms with van der Waals surface area (Å²) in [6.45, 7) is 6.98. The molecule has 0 saturated heterocycles. The molecule has 2 aromatic heterocycles. The maximum Gasteiger partial charge on any atom is 0.161 e. The van der Waals surface area contributed by atoms with Gasteiger partial charge in [0.2, 0.25) is 0 Å². The van der Waals surface area contributed by atoms with Gasteiger partial charge in [0.05, 0.1) is 18.0 Å². The summed E-state index contributed by atoms with van der Waals surface area (Å²) in [6.07, 6.45) is 1.87. The van der Waals surface area contributed by atoms with E-state index < -0.39 is 0 Å². The van der Waals surface area contributed by atoms with Gasteiger partial charge >= 0.3 is 0 Å². The minimum atomic E-state index is 0.767. The number of nitrogens with zero attached hydrogens (tertiary/aromatic N) is 3. The van der Waals surface area contributed by atoms with E-state index in [1.807, 2.05) is 66.3 Å². The van der Waals surface area contributed by atoms with E-state index in [0.717, 1.165) is 57.3 Å². The van der Waals surface area contributed by atoms with E-state index in [-0.39, 0.29) is 0 Å². The fraction of sp³-hybridized carbons (Fsp3) is 0.217. The number of hydrogen-bond donors (Lipinski definition) is 2. The van der Waals surface area contributed by atoms with E-state index in [2.05, 4.69) is 29.5 Å². The lowest BCUT2D eigenvalue weighted by atomic mass is 10.1. The number of pyridine rings is 1. The molecular formula is C23H25N5O. The van der Waals surface area contributed by atoms with Crippen molar-refractivity contribution in [3.05, 3.63) is 65.9 Å². The first kappa shape index (κ1) is 18.8. The predicted molar refractivity (Wildman–Crippen MR) is 119 cm³/mol. The lowest BCUT2D eigenvalue weighted by Gasteiger charge is -2.14. The molecule has 4 rings (SSSR count). The van der Waals surface area contributed by atoms with Gasteiger partial charge in [-0.2, -0.15) is 5.10 Å². The number of para-hydroxylation sites is 1. The quantitative estimate of drug-likeness (QED) is 0.453. The molecule has 0 unspecified atom stereocenters. The van der Waals surface area contributed by atoms with Crippen LogP contribution in [0, 0.1) is 13.8 Å². The van der Waals surface area contributed by atoms with Gasteiger partial charge in [-0.3, -0.25) is 4.68 Å². The second-order valence-electron chi connectivity index (χ2n) is 6.95. The van der Waals surface area contributed by atoms with Crippen LogP contribution in [-0.4, -0.2) is 21.9 Å². The third-order valence-electron chi connectivity index (χ3n) is 5.07. The number of aromatic nitrogens is 3. The fourth-order valence-corrected chi connectivity index (χ4v) is 3.50. The number of fused-ring (bicyclic) bond motifs is 1. The smallest absolute Gasteiger partial charge is 0.161 e. The maximum absolute atomic E-state index is 5.48. The minimum absolute atomic E-state index is 0.767. The molecule has 0 fully saturated rings. The van der Waals surface area contributed by atoms with E-state index in [4.69, 9.17) is 9.84 Å². The second-order valence-corrected chi connectivity index (χ2v) is 6.95. The Labute approximate surface area is 170 Å². The third-order valence-corrected chi connectivity index (χ3v) is 5.07. The van der Waals surface area contributed by atoms with Crippen LogP contribution in [0.25, 0.3) is 10.9 Å². The van der Waals surface area contributed by atoms with Crippen LogP contribution in [0.5, 0.6) is 5.75 Å². The maximum atomic E-state index is 5.48. The molecule has 148 valence electrons. The van der Waals surface area contributed by atoms with Crippen molar-refractivity contribution in [1.82, 2.24) is 14.8 Å². The van der Waals surface area contributed by atoms with Crippen molar-refractivity contribution in [1.29, 1.82) is 0 Å². The average molecular weight is 387 g/mol. The molecule has 29 heavy (non-hydrogen) atoms. The van der Waals surface area contributed by atoms with Crippen LogP contribution in [0.2, 0.25) is 0 Å². The zero-order valence-electron chi connectivity index (χ0n) is 17.2. The molecule has 0 aliphatic carbocycles. The van der Waals surface area contributed by atoms with Gasteiger partial charge in [0.15, 0.2) is 5.82 Å². The van der Waals surface area contributed by atoms with Crippen molar-refractivity contribution in [3.63, 3.8) is 0 Å². The van der Waals surface area contributed by atoms with Gasteiger partial charge in [-0.05, 0) is 44.5 Å². The second kappa shape index (κ2) is 7.83. The topological polar surface area (TPSA) is 64.0 Å². The zero-order chi connectivity index (χ0) is 20.4. The Hall–Kier alpha value is -3.54. The molecule has 0 radical (unpaired) electrons. The summed E-state index contributed by atoms with van der Waals surface area (Å²) in [4.78, 5) is 4.60. The number of ether oxygens (including phenoxy) is 1. The zero-order valence-corrected chi connectivity index (χ0v) is 17.2. The number of benzene rings is 2. The van der Waals surface area contributed by atoms with Gasteiger partial charge in [-0.25, -0.2) is 4.98 Å². The largest absolute Gasteiger partial charge is 0.496 e. The Morgan fingerprint density at radius 3 is 2.55 bits per heavy atom. The van der Waals surface area contributed by atoms with Crippen molar-refractivity contribution in [2.45, 2.75) is 27.3 Å². The molecule has 0 amide bonds. The molecule has 0 aliphatic heterocycles. The molecule has 2 heterocycles. The van der Waals surface area contributed by atoms with Gasteiger partial charge in [-0.15, -0.1) is 0 Å². The highest BCUT2D eigenvalue weighted by Crippen LogP contribution is 2.34.